The molecule has 1 rings (SSSR count). The van der Waals surface area contributed by atoms with Crippen molar-refractivity contribution in [3.63, 3.8) is 0 Å². The lowest BCUT2D eigenvalue weighted by Crippen LogP contribution is -1.88. The Morgan fingerprint density at radius 1 is 1.50 bits per heavy atom. The molecule has 0 atom stereocenters. The van der Waals surface area contributed by atoms with Gasteiger partial charge in [0.2, 0.25) is 0 Å². The Balaban J connectivity index is 2.81. The van der Waals surface area contributed by atoms with Crippen LogP contribution >= 0.6 is 23.4 Å². The molecule has 0 nitrogen and oxygen atoms in total. The molecule has 1 aromatic rings. The molecule has 12 heavy (non-hydrogen) atoms. The van der Waals surface area contributed by atoms with Gasteiger partial charge in [0, 0.05) is 16.3 Å². The number of hydrogen-bond donors (Lipinski definition) is 0. The second-order valence-electron chi connectivity index (χ2n) is 2.34. The third-order valence-corrected chi connectivity index (χ3v) is 2.77. The minimum absolute atomic E-state index is 0.205. The van der Waals surface area contributed by atoms with E-state index in [2.05, 4.69) is 0 Å². The van der Waals surface area contributed by atoms with Crippen LogP contribution in [0.25, 0.3) is 0 Å². The SMILES string of the molecule is CCSCc1c(F)cccc1Cl. The molecule has 0 aliphatic heterocycles. The molecule has 0 saturated carbocycles. The summed E-state index contributed by atoms with van der Waals surface area (Å²) in [5.74, 6) is 1.43. The predicted octanol–water partition coefficient (Wildman–Crippen LogP) is 3.73. The van der Waals surface area contributed by atoms with Gasteiger partial charge in [-0.15, -0.1) is 0 Å². The first kappa shape index (κ1) is 9.87. The molecule has 0 aliphatic carbocycles. The first-order valence-electron chi connectivity index (χ1n) is 3.76. The normalized spacial score (nSPS) is 10.2. The van der Waals surface area contributed by atoms with Gasteiger partial charge < -0.3 is 0 Å². The van der Waals surface area contributed by atoms with Crippen LogP contribution in [-0.2, 0) is 5.75 Å². The van der Waals surface area contributed by atoms with E-state index in [1.165, 1.54) is 6.07 Å². The highest BCUT2D eigenvalue weighted by atomic mass is 35.5. The van der Waals surface area contributed by atoms with Crippen LogP contribution in [0.3, 0.4) is 0 Å². The zero-order valence-electron chi connectivity index (χ0n) is 6.81. The smallest absolute Gasteiger partial charge is 0.128 e. The third-order valence-electron chi connectivity index (χ3n) is 1.51. The van der Waals surface area contributed by atoms with Gasteiger partial charge in [0.15, 0.2) is 0 Å². The summed E-state index contributed by atoms with van der Waals surface area (Å²) >= 11 is 7.48. The second-order valence-corrected chi connectivity index (χ2v) is 4.02. The summed E-state index contributed by atoms with van der Waals surface area (Å²) in [6.45, 7) is 2.04. The molecule has 3 heteroatoms. The number of benzene rings is 1. The molecule has 0 unspecified atom stereocenters. The van der Waals surface area contributed by atoms with Crippen LogP contribution in [0.2, 0.25) is 5.02 Å². The average Bonchev–Trinajstić information content (AvgIpc) is 2.04. The largest absolute Gasteiger partial charge is 0.207 e. The highest BCUT2D eigenvalue weighted by Crippen LogP contribution is 2.23. The number of hydrogen-bond acceptors (Lipinski definition) is 1. The third kappa shape index (κ3) is 2.39. The van der Waals surface area contributed by atoms with E-state index < -0.39 is 0 Å². The van der Waals surface area contributed by atoms with Crippen molar-refractivity contribution in [2.75, 3.05) is 5.75 Å². The molecule has 0 bridgehead atoms. The van der Waals surface area contributed by atoms with Crippen molar-refractivity contribution < 1.29 is 4.39 Å². The average molecular weight is 205 g/mol. The fourth-order valence-electron chi connectivity index (χ4n) is 0.874. The minimum atomic E-state index is -0.205. The number of rotatable bonds is 3. The van der Waals surface area contributed by atoms with E-state index in [1.807, 2.05) is 6.92 Å². The predicted molar refractivity (Wildman–Crippen MR) is 53.2 cm³/mol. The van der Waals surface area contributed by atoms with Gasteiger partial charge in [-0.2, -0.15) is 11.8 Å². The standard InChI is InChI=1S/C9H10ClFS/c1-2-12-6-7-8(10)4-3-5-9(7)11/h3-5H,2,6H2,1H3. The van der Waals surface area contributed by atoms with Crippen LogP contribution in [0.5, 0.6) is 0 Å². The van der Waals surface area contributed by atoms with Gasteiger partial charge >= 0.3 is 0 Å². The summed E-state index contributed by atoms with van der Waals surface area (Å²) in [4.78, 5) is 0. The zero-order valence-corrected chi connectivity index (χ0v) is 8.38. The topological polar surface area (TPSA) is 0 Å². The van der Waals surface area contributed by atoms with E-state index in [0.717, 1.165) is 5.75 Å². The first-order valence-corrected chi connectivity index (χ1v) is 5.29. The molecular weight excluding hydrogens is 195 g/mol. The first-order chi connectivity index (χ1) is 5.75. The van der Waals surface area contributed by atoms with Crippen LogP contribution in [0.1, 0.15) is 12.5 Å². The Bertz CT molecular complexity index is 242. The molecule has 0 spiro atoms. The molecule has 0 fully saturated rings. The van der Waals surface area contributed by atoms with Gasteiger partial charge in [0.05, 0.1) is 0 Å². The molecule has 0 heterocycles. The minimum Gasteiger partial charge on any atom is -0.207 e. The van der Waals surface area contributed by atoms with Gasteiger partial charge in [-0.05, 0) is 17.9 Å². The van der Waals surface area contributed by atoms with Crippen molar-refractivity contribution in [3.05, 3.63) is 34.6 Å². The van der Waals surface area contributed by atoms with E-state index in [4.69, 9.17) is 11.6 Å². The van der Waals surface area contributed by atoms with E-state index in [0.29, 0.717) is 16.3 Å². The Morgan fingerprint density at radius 3 is 2.83 bits per heavy atom. The molecular formula is C9H10ClFS. The van der Waals surface area contributed by atoms with Gasteiger partial charge in [-0.3, -0.25) is 0 Å². The molecule has 0 amide bonds. The summed E-state index contributed by atoms with van der Waals surface area (Å²) in [6.07, 6.45) is 0. The van der Waals surface area contributed by atoms with Gasteiger partial charge in [-0.25, -0.2) is 4.39 Å². The lowest BCUT2D eigenvalue weighted by atomic mass is 10.2. The lowest BCUT2D eigenvalue weighted by Gasteiger charge is -2.03. The van der Waals surface area contributed by atoms with Crippen molar-refractivity contribution in [2.24, 2.45) is 0 Å². The van der Waals surface area contributed by atoms with E-state index in [1.54, 1.807) is 23.9 Å². The van der Waals surface area contributed by atoms with Crippen LogP contribution in [-0.4, -0.2) is 5.75 Å². The Labute approximate surface area is 81.1 Å². The number of thioether (sulfide) groups is 1. The molecule has 0 N–H and O–H groups in total. The van der Waals surface area contributed by atoms with Crippen molar-refractivity contribution in [2.45, 2.75) is 12.7 Å². The zero-order chi connectivity index (χ0) is 8.97. The lowest BCUT2D eigenvalue weighted by molar-refractivity contribution is 0.617. The van der Waals surface area contributed by atoms with Crippen molar-refractivity contribution >= 4 is 23.4 Å². The van der Waals surface area contributed by atoms with Gasteiger partial charge in [0.25, 0.3) is 0 Å². The monoisotopic (exact) mass is 204 g/mol. The summed E-state index contributed by atoms with van der Waals surface area (Å²) in [5.41, 5.74) is 0.617. The molecule has 0 saturated heterocycles. The second kappa shape index (κ2) is 4.73. The summed E-state index contributed by atoms with van der Waals surface area (Å²) in [7, 11) is 0. The fraction of sp³-hybridized carbons (Fsp3) is 0.333. The number of halogens is 2. The fourth-order valence-corrected chi connectivity index (χ4v) is 1.89. The van der Waals surface area contributed by atoms with Crippen molar-refractivity contribution in [3.8, 4) is 0 Å². The van der Waals surface area contributed by atoms with Crippen LogP contribution in [0.4, 0.5) is 4.39 Å². The molecule has 1 aromatic carbocycles. The van der Waals surface area contributed by atoms with Gasteiger partial charge in [-0.1, -0.05) is 24.6 Å². The quantitative estimate of drug-likeness (QED) is 0.723. The van der Waals surface area contributed by atoms with Crippen LogP contribution in [0, 0.1) is 5.82 Å². The highest BCUT2D eigenvalue weighted by molar-refractivity contribution is 7.98. The summed E-state index contributed by atoms with van der Waals surface area (Å²) in [5, 5.41) is 0.524. The summed E-state index contributed by atoms with van der Waals surface area (Å²) in [6, 6.07) is 4.78. The molecule has 0 aliphatic rings. The molecule has 0 aromatic heterocycles. The maximum atomic E-state index is 13.1. The maximum Gasteiger partial charge on any atom is 0.128 e. The van der Waals surface area contributed by atoms with Crippen molar-refractivity contribution in [1.29, 1.82) is 0 Å². The highest BCUT2D eigenvalue weighted by Gasteiger charge is 2.05. The Morgan fingerprint density at radius 2 is 2.25 bits per heavy atom. The Kier molecular flexibility index (Phi) is 3.89. The van der Waals surface area contributed by atoms with E-state index in [9.17, 15) is 4.39 Å². The van der Waals surface area contributed by atoms with Crippen LogP contribution in [0.15, 0.2) is 18.2 Å². The van der Waals surface area contributed by atoms with Crippen LogP contribution < -0.4 is 0 Å². The van der Waals surface area contributed by atoms with Gasteiger partial charge in [0.1, 0.15) is 5.82 Å². The Hall–Kier alpha value is -0.210. The molecule has 0 radical (unpaired) electrons. The summed E-state index contributed by atoms with van der Waals surface area (Å²) < 4.78 is 13.1. The van der Waals surface area contributed by atoms with Crippen molar-refractivity contribution in [1.82, 2.24) is 0 Å². The van der Waals surface area contributed by atoms with E-state index in [-0.39, 0.29) is 5.82 Å². The molecule has 66 valence electrons. The maximum absolute atomic E-state index is 13.1. The van der Waals surface area contributed by atoms with E-state index >= 15 is 0 Å².